The molecule has 1 aliphatic heterocycles. The van der Waals surface area contributed by atoms with E-state index in [2.05, 4.69) is 0 Å². The fourth-order valence-electron chi connectivity index (χ4n) is 4.23. The van der Waals surface area contributed by atoms with E-state index in [-0.39, 0.29) is 39.1 Å². The molecule has 0 bridgehead atoms. The maximum absolute atomic E-state index is 14.1. The third kappa shape index (κ3) is 4.28. The zero-order valence-electron chi connectivity index (χ0n) is 19.6. The van der Waals surface area contributed by atoms with Gasteiger partial charge in [-0.1, -0.05) is 31.5 Å². The summed E-state index contributed by atoms with van der Waals surface area (Å²) in [6, 6.07) is 10.4. The van der Waals surface area contributed by atoms with Crippen molar-refractivity contribution in [1.82, 2.24) is 0 Å². The lowest BCUT2D eigenvalue weighted by molar-refractivity contribution is -0.132. The number of phenolic OH excluding ortho intramolecular Hbond substituents is 1. The van der Waals surface area contributed by atoms with Crippen molar-refractivity contribution >= 4 is 34.7 Å². The van der Waals surface area contributed by atoms with E-state index < -0.39 is 35.1 Å². The molecule has 1 unspecified atom stereocenters. The quantitative estimate of drug-likeness (QED) is 0.245. The van der Waals surface area contributed by atoms with Gasteiger partial charge in [-0.25, -0.2) is 8.78 Å². The van der Waals surface area contributed by atoms with Crippen LogP contribution in [0.4, 0.5) is 14.5 Å². The Bertz CT molecular complexity index is 1420. The van der Waals surface area contributed by atoms with Gasteiger partial charge in [-0.05, 0) is 59.5 Å². The number of hydrogen-bond donors (Lipinski definition) is 2. The molecule has 0 aromatic heterocycles. The molecule has 1 heterocycles. The highest BCUT2D eigenvalue weighted by molar-refractivity contribution is 6.51. The number of ketones is 1. The summed E-state index contributed by atoms with van der Waals surface area (Å²) in [4.78, 5) is 27.4. The van der Waals surface area contributed by atoms with Crippen LogP contribution in [0.2, 0.25) is 5.02 Å². The summed E-state index contributed by atoms with van der Waals surface area (Å²) < 4.78 is 33.1. The molecule has 36 heavy (non-hydrogen) atoms. The zero-order valence-corrected chi connectivity index (χ0v) is 20.3. The number of carbonyl (C=O) groups excluding carboxylic acids is 2. The predicted molar refractivity (Wildman–Crippen MR) is 131 cm³/mol. The lowest BCUT2D eigenvalue weighted by Gasteiger charge is -2.26. The molecule has 9 heteroatoms. The van der Waals surface area contributed by atoms with Gasteiger partial charge >= 0.3 is 0 Å². The van der Waals surface area contributed by atoms with E-state index in [1.807, 2.05) is 13.8 Å². The summed E-state index contributed by atoms with van der Waals surface area (Å²) in [6.07, 6.45) is 0. The van der Waals surface area contributed by atoms with Crippen LogP contribution in [0.5, 0.6) is 11.5 Å². The lowest BCUT2D eigenvalue weighted by atomic mass is 9.93. The van der Waals surface area contributed by atoms with Crippen LogP contribution in [-0.4, -0.2) is 29.0 Å². The fourth-order valence-corrected chi connectivity index (χ4v) is 4.42. The van der Waals surface area contributed by atoms with Crippen molar-refractivity contribution in [3.8, 4) is 11.5 Å². The van der Waals surface area contributed by atoms with Crippen molar-refractivity contribution in [1.29, 1.82) is 0 Å². The van der Waals surface area contributed by atoms with Gasteiger partial charge in [-0.2, -0.15) is 0 Å². The first-order valence-electron chi connectivity index (χ1n) is 11.0. The van der Waals surface area contributed by atoms with E-state index in [0.29, 0.717) is 5.75 Å². The van der Waals surface area contributed by atoms with Gasteiger partial charge in [0.05, 0.1) is 23.7 Å². The summed E-state index contributed by atoms with van der Waals surface area (Å²) in [7, 11) is 1.52. The monoisotopic (exact) mass is 513 g/mol. The minimum Gasteiger partial charge on any atom is -0.507 e. The number of anilines is 1. The van der Waals surface area contributed by atoms with Crippen LogP contribution in [0, 0.1) is 11.6 Å². The third-order valence-corrected chi connectivity index (χ3v) is 6.34. The van der Waals surface area contributed by atoms with Crippen molar-refractivity contribution in [3.05, 3.63) is 93.5 Å². The molecule has 4 rings (SSSR count). The average molecular weight is 514 g/mol. The SMILES string of the molecule is COc1ccc(/C(O)=C2/C(=O)C(=O)N(c3ccc(F)c(F)c3)C2c2ccc(O)c(Cl)c2)cc1C(C)C. The number of carbonyl (C=O) groups is 2. The maximum Gasteiger partial charge on any atom is 0.300 e. The summed E-state index contributed by atoms with van der Waals surface area (Å²) in [5.74, 6) is -4.50. The van der Waals surface area contributed by atoms with Gasteiger partial charge in [0, 0.05) is 17.3 Å². The number of methoxy groups -OCH3 is 1. The van der Waals surface area contributed by atoms with Crippen LogP contribution in [0.3, 0.4) is 0 Å². The number of aliphatic hydroxyl groups is 1. The van der Waals surface area contributed by atoms with Gasteiger partial charge in [0.1, 0.15) is 17.3 Å². The number of ether oxygens (including phenoxy) is 1. The van der Waals surface area contributed by atoms with Gasteiger partial charge in [-0.15, -0.1) is 0 Å². The van der Waals surface area contributed by atoms with Crippen LogP contribution in [0.15, 0.2) is 60.2 Å². The van der Waals surface area contributed by atoms with Crippen LogP contribution in [-0.2, 0) is 9.59 Å². The molecule has 1 fully saturated rings. The van der Waals surface area contributed by atoms with E-state index >= 15 is 0 Å². The van der Waals surface area contributed by atoms with Gasteiger partial charge in [0.2, 0.25) is 0 Å². The number of aromatic hydroxyl groups is 1. The van der Waals surface area contributed by atoms with Crippen molar-refractivity contribution in [3.63, 3.8) is 0 Å². The van der Waals surface area contributed by atoms with Gasteiger partial charge < -0.3 is 14.9 Å². The van der Waals surface area contributed by atoms with E-state index in [1.165, 1.54) is 25.3 Å². The topological polar surface area (TPSA) is 87.1 Å². The number of halogens is 3. The molecular formula is C27H22ClF2NO5. The highest BCUT2D eigenvalue weighted by Crippen LogP contribution is 2.44. The summed E-state index contributed by atoms with van der Waals surface area (Å²) in [5.41, 5.74) is 0.923. The number of hydrogen-bond acceptors (Lipinski definition) is 5. The molecule has 186 valence electrons. The zero-order chi connectivity index (χ0) is 26.3. The second-order valence-corrected chi connectivity index (χ2v) is 9.00. The van der Waals surface area contributed by atoms with Gasteiger partial charge in [0.15, 0.2) is 11.6 Å². The Morgan fingerprint density at radius 2 is 1.75 bits per heavy atom. The van der Waals surface area contributed by atoms with E-state index in [9.17, 15) is 28.6 Å². The number of aliphatic hydroxyl groups excluding tert-OH is 1. The number of benzene rings is 3. The second-order valence-electron chi connectivity index (χ2n) is 8.59. The smallest absolute Gasteiger partial charge is 0.300 e. The van der Waals surface area contributed by atoms with Gasteiger partial charge in [-0.3, -0.25) is 14.5 Å². The fraction of sp³-hybridized carbons (Fsp3) is 0.185. The molecule has 1 amide bonds. The minimum atomic E-state index is -1.24. The Balaban J connectivity index is 1.98. The number of nitrogens with zero attached hydrogens (tertiary/aromatic N) is 1. The minimum absolute atomic E-state index is 0.0176. The summed E-state index contributed by atoms with van der Waals surface area (Å²) in [5, 5.41) is 21.1. The molecule has 1 saturated heterocycles. The molecule has 0 aliphatic carbocycles. The first-order chi connectivity index (χ1) is 17.0. The molecule has 0 saturated carbocycles. The molecule has 3 aromatic rings. The van der Waals surface area contributed by atoms with E-state index in [0.717, 1.165) is 28.7 Å². The summed E-state index contributed by atoms with van der Waals surface area (Å²) >= 11 is 6.10. The number of phenols is 1. The van der Waals surface area contributed by atoms with Crippen molar-refractivity contribution < 1.29 is 33.3 Å². The second kappa shape index (κ2) is 9.62. The van der Waals surface area contributed by atoms with E-state index in [4.69, 9.17) is 16.3 Å². The first kappa shape index (κ1) is 25.2. The molecule has 0 radical (unpaired) electrons. The number of Topliss-reactive ketones (excluding diaryl/α,β-unsaturated/α-hetero) is 1. The van der Waals surface area contributed by atoms with Crippen LogP contribution < -0.4 is 9.64 Å². The molecule has 1 atom stereocenters. The van der Waals surface area contributed by atoms with Crippen LogP contribution in [0.1, 0.15) is 42.5 Å². The molecular weight excluding hydrogens is 492 g/mol. The number of rotatable bonds is 5. The molecule has 1 aliphatic rings. The Kier molecular flexibility index (Phi) is 6.73. The molecule has 2 N–H and O–H groups in total. The van der Waals surface area contributed by atoms with E-state index in [1.54, 1.807) is 18.2 Å². The normalized spacial score (nSPS) is 17.2. The Morgan fingerprint density at radius 3 is 2.36 bits per heavy atom. The van der Waals surface area contributed by atoms with Crippen molar-refractivity contribution in [2.45, 2.75) is 25.8 Å². The third-order valence-electron chi connectivity index (χ3n) is 6.04. The lowest BCUT2D eigenvalue weighted by Crippen LogP contribution is -2.29. The highest BCUT2D eigenvalue weighted by Gasteiger charge is 2.47. The largest absolute Gasteiger partial charge is 0.507 e. The van der Waals surface area contributed by atoms with Crippen LogP contribution >= 0.6 is 11.6 Å². The standard InChI is InChI=1S/C27H22ClF2NO5/c1-13(2)17-10-15(5-9-22(17)36-3)25(33)23-24(14-4-8-21(32)18(28)11-14)31(27(35)26(23)34)16-6-7-19(29)20(30)12-16/h4-13,24,32-33H,1-3H3/b25-23-. The van der Waals surface area contributed by atoms with Crippen molar-refractivity contribution in [2.75, 3.05) is 12.0 Å². The van der Waals surface area contributed by atoms with Gasteiger partial charge in [0.25, 0.3) is 11.7 Å². The van der Waals surface area contributed by atoms with Crippen molar-refractivity contribution in [2.24, 2.45) is 0 Å². The Morgan fingerprint density at radius 1 is 1.03 bits per heavy atom. The highest BCUT2D eigenvalue weighted by atomic mass is 35.5. The Labute approximate surface area is 211 Å². The maximum atomic E-state index is 14.1. The molecule has 0 spiro atoms. The summed E-state index contributed by atoms with van der Waals surface area (Å²) in [6.45, 7) is 3.87. The molecule has 3 aromatic carbocycles. The Hall–Kier alpha value is -3.91. The predicted octanol–water partition coefficient (Wildman–Crippen LogP) is 6.08. The first-order valence-corrected chi connectivity index (χ1v) is 11.4. The molecule has 6 nitrogen and oxygen atoms in total. The average Bonchev–Trinajstić information content (AvgIpc) is 3.12. The number of amides is 1. The van der Waals surface area contributed by atoms with Crippen LogP contribution in [0.25, 0.3) is 5.76 Å².